The Bertz CT molecular complexity index is 1250. The SMILES string of the molecule is COc1cc2c(cc1C(C(C)=O)=C(C)N)ncc1ncc(=O)n(CC3CCCCC3)c12. The summed E-state index contributed by atoms with van der Waals surface area (Å²) in [7, 11) is 1.56. The minimum absolute atomic E-state index is 0.115. The summed E-state index contributed by atoms with van der Waals surface area (Å²) >= 11 is 0. The number of pyridine rings is 1. The number of nitrogens with two attached hydrogens (primary N) is 1. The van der Waals surface area contributed by atoms with Crippen molar-refractivity contribution in [3.63, 3.8) is 0 Å². The van der Waals surface area contributed by atoms with Gasteiger partial charge in [0.25, 0.3) is 5.56 Å². The molecule has 0 spiro atoms. The second-order valence-corrected chi connectivity index (χ2v) is 8.39. The fraction of sp³-hybridized carbons (Fsp3) is 0.417. The van der Waals surface area contributed by atoms with Crippen molar-refractivity contribution in [2.24, 2.45) is 11.7 Å². The average Bonchev–Trinajstić information content (AvgIpc) is 2.75. The third-order valence-electron chi connectivity index (χ3n) is 6.17. The molecule has 0 bridgehead atoms. The zero-order valence-corrected chi connectivity index (χ0v) is 18.3. The molecule has 0 radical (unpaired) electrons. The van der Waals surface area contributed by atoms with E-state index in [2.05, 4.69) is 9.97 Å². The number of carbonyl (C=O) groups excluding carboxylic acids is 1. The van der Waals surface area contributed by atoms with Crippen LogP contribution in [0.4, 0.5) is 0 Å². The van der Waals surface area contributed by atoms with E-state index in [9.17, 15) is 9.59 Å². The standard InChI is InChI=1S/C24H28N4O3/c1-14(25)23(15(2)29)18-9-19-17(10-21(18)31-3)24-20(11-26-19)27-12-22(30)28(24)13-16-7-5-4-6-8-16/h9-12,16H,4-8,13,25H2,1-3H3. The molecule has 7 heteroatoms. The first-order valence-electron chi connectivity index (χ1n) is 10.7. The van der Waals surface area contributed by atoms with Gasteiger partial charge >= 0.3 is 0 Å². The van der Waals surface area contributed by atoms with Gasteiger partial charge in [-0.15, -0.1) is 0 Å². The molecule has 2 heterocycles. The van der Waals surface area contributed by atoms with Gasteiger partial charge in [-0.3, -0.25) is 14.6 Å². The summed E-state index contributed by atoms with van der Waals surface area (Å²) in [6, 6.07) is 3.65. The number of ether oxygens (including phenoxy) is 1. The quantitative estimate of drug-likeness (QED) is 0.498. The Kier molecular flexibility index (Phi) is 5.76. The van der Waals surface area contributed by atoms with Crippen LogP contribution in [0.5, 0.6) is 5.75 Å². The fourth-order valence-corrected chi connectivity index (χ4v) is 4.73. The topological polar surface area (TPSA) is 100 Å². The lowest BCUT2D eigenvalue weighted by molar-refractivity contribution is -0.111. The van der Waals surface area contributed by atoms with Gasteiger partial charge in [-0.05, 0) is 44.7 Å². The summed E-state index contributed by atoms with van der Waals surface area (Å²) in [4.78, 5) is 34.0. The monoisotopic (exact) mass is 420 g/mol. The van der Waals surface area contributed by atoms with E-state index in [0.29, 0.717) is 46.1 Å². The molecule has 1 aliphatic carbocycles. The molecule has 3 aromatic rings. The molecule has 1 fully saturated rings. The number of hydrogen-bond acceptors (Lipinski definition) is 6. The fourth-order valence-electron chi connectivity index (χ4n) is 4.73. The van der Waals surface area contributed by atoms with Gasteiger partial charge in [0, 0.05) is 28.8 Å². The third kappa shape index (κ3) is 3.92. The van der Waals surface area contributed by atoms with Crippen molar-refractivity contribution in [2.45, 2.75) is 52.5 Å². The summed E-state index contributed by atoms with van der Waals surface area (Å²) in [5.41, 5.74) is 9.39. The Morgan fingerprint density at radius 2 is 1.84 bits per heavy atom. The van der Waals surface area contributed by atoms with Crippen LogP contribution in [0.25, 0.3) is 27.5 Å². The number of allylic oxidation sites excluding steroid dienone is 2. The lowest BCUT2D eigenvalue weighted by atomic mass is 9.89. The summed E-state index contributed by atoms with van der Waals surface area (Å²) in [5, 5.41) is 0.775. The molecule has 1 aliphatic rings. The van der Waals surface area contributed by atoms with Crippen LogP contribution in [0, 0.1) is 5.92 Å². The predicted octanol–water partition coefficient (Wildman–Crippen LogP) is 3.81. The van der Waals surface area contributed by atoms with Crippen LogP contribution in [0.1, 0.15) is 51.5 Å². The van der Waals surface area contributed by atoms with Gasteiger partial charge in [0.15, 0.2) is 5.78 Å². The first kappa shape index (κ1) is 21.0. The molecule has 4 rings (SSSR count). The molecule has 0 unspecified atom stereocenters. The molecule has 1 aromatic carbocycles. The zero-order valence-electron chi connectivity index (χ0n) is 18.3. The normalized spacial score (nSPS) is 15.8. The molecule has 7 nitrogen and oxygen atoms in total. The number of methoxy groups -OCH3 is 1. The maximum Gasteiger partial charge on any atom is 0.269 e. The highest BCUT2D eigenvalue weighted by Crippen LogP contribution is 2.35. The lowest BCUT2D eigenvalue weighted by Gasteiger charge is -2.23. The molecule has 0 aliphatic heterocycles. The van der Waals surface area contributed by atoms with Crippen LogP contribution in [0.3, 0.4) is 0 Å². The van der Waals surface area contributed by atoms with Gasteiger partial charge < -0.3 is 15.0 Å². The van der Waals surface area contributed by atoms with E-state index in [1.807, 2.05) is 16.7 Å². The van der Waals surface area contributed by atoms with E-state index >= 15 is 0 Å². The van der Waals surface area contributed by atoms with E-state index in [1.54, 1.807) is 20.2 Å². The zero-order chi connectivity index (χ0) is 22.1. The number of hydrogen-bond donors (Lipinski definition) is 1. The highest BCUT2D eigenvalue weighted by Gasteiger charge is 2.20. The van der Waals surface area contributed by atoms with Crippen molar-refractivity contribution in [1.82, 2.24) is 14.5 Å². The number of carbonyl (C=O) groups is 1. The van der Waals surface area contributed by atoms with Crippen LogP contribution in [0.15, 0.2) is 35.0 Å². The van der Waals surface area contributed by atoms with Gasteiger partial charge in [-0.25, -0.2) is 4.98 Å². The number of ketones is 1. The minimum atomic E-state index is -0.144. The largest absolute Gasteiger partial charge is 0.496 e. The highest BCUT2D eigenvalue weighted by molar-refractivity contribution is 6.22. The van der Waals surface area contributed by atoms with Crippen LogP contribution in [-0.2, 0) is 11.3 Å². The molecule has 0 saturated heterocycles. The second-order valence-electron chi connectivity index (χ2n) is 8.39. The molecule has 1 saturated carbocycles. The van der Waals surface area contributed by atoms with Crippen molar-refractivity contribution in [2.75, 3.05) is 7.11 Å². The number of rotatable bonds is 5. The van der Waals surface area contributed by atoms with E-state index in [1.165, 1.54) is 32.4 Å². The molecule has 0 atom stereocenters. The van der Waals surface area contributed by atoms with Crippen molar-refractivity contribution in [1.29, 1.82) is 0 Å². The minimum Gasteiger partial charge on any atom is -0.496 e. The van der Waals surface area contributed by atoms with Crippen LogP contribution < -0.4 is 16.0 Å². The smallest absolute Gasteiger partial charge is 0.269 e. The lowest BCUT2D eigenvalue weighted by Crippen LogP contribution is -2.25. The third-order valence-corrected chi connectivity index (χ3v) is 6.17. The predicted molar refractivity (Wildman–Crippen MR) is 122 cm³/mol. The summed E-state index contributed by atoms with van der Waals surface area (Å²) < 4.78 is 7.46. The van der Waals surface area contributed by atoms with Crippen molar-refractivity contribution < 1.29 is 9.53 Å². The number of aromatic nitrogens is 3. The Balaban J connectivity index is 1.98. The number of benzene rings is 1. The molecule has 2 aromatic heterocycles. The Hall–Kier alpha value is -3.22. The highest BCUT2D eigenvalue weighted by atomic mass is 16.5. The van der Waals surface area contributed by atoms with E-state index in [0.717, 1.165) is 23.7 Å². The summed E-state index contributed by atoms with van der Waals surface area (Å²) in [5.74, 6) is 0.847. The van der Waals surface area contributed by atoms with Crippen molar-refractivity contribution in [3.05, 3.63) is 46.1 Å². The first-order valence-corrected chi connectivity index (χ1v) is 10.7. The molecular formula is C24H28N4O3. The van der Waals surface area contributed by atoms with Gasteiger partial charge in [0.05, 0.1) is 30.5 Å². The molecule has 31 heavy (non-hydrogen) atoms. The molecule has 0 amide bonds. The van der Waals surface area contributed by atoms with Crippen LogP contribution in [-0.4, -0.2) is 27.4 Å². The molecule has 162 valence electrons. The second kappa shape index (κ2) is 8.49. The van der Waals surface area contributed by atoms with Crippen LogP contribution in [0.2, 0.25) is 0 Å². The van der Waals surface area contributed by atoms with Gasteiger partial charge in [0.1, 0.15) is 11.3 Å². The maximum absolute atomic E-state index is 12.8. The summed E-state index contributed by atoms with van der Waals surface area (Å²) in [6.07, 6.45) is 9.00. The van der Waals surface area contributed by atoms with Crippen molar-refractivity contribution >= 4 is 33.3 Å². The molecular weight excluding hydrogens is 392 g/mol. The van der Waals surface area contributed by atoms with Gasteiger partial charge in [-0.2, -0.15) is 0 Å². The first-order chi connectivity index (χ1) is 14.9. The van der Waals surface area contributed by atoms with E-state index in [4.69, 9.17) is 10.5 Å². The summed E-state index contributed by atoms with van der Waals surface area (Å²) in [6.45, 7) is 3.84. The number of Topliss-reactive ketones (excluding diaryl/α,β-unsaturated/α-hetero) is 1. The van der Waals surface area contributed by atoms with Gasteiger partial charge in [0.2, 0.25) is 0 Å². The Labute approximate surface area is 180 Å². The molecule has 2 N–H and O–H groups in total. The van der Waals surface area contributed by atoms with E-state index < -0.39 is 0 Å². The Morgan fingerprint density at radius 3 is 2.48 bits per heavy atom. The van der Waals surface area contributed by atoms with Crippen molar-refractivity contribution in [3.8, 4) is 5.75 Å². The van der Waals surface area contributed by atoms with Crippen LogP contribution >= 0.6 is 0 Å². The number of nitrogens with zero attached hydrogens (tertiary/aromatic N) is 3. The Morgan fingerprint density at radius 1 is 1.13 bits per heavy atom. The van der Waals surface area contributed by atoms with E-state index in [-0.39, 0.29) is 11.3 Å². The maximum atomic E-state index is 12.8. The van der Waals surface area contributed by atoms with Gasteiger partial charge in [-0.1, -0.05) is 19.3 Å². The average molecular weight is 421 g/mol. The number of fused-ring (bicyclic) bond motifs is 3.